The number of ether oxygens (including phenoxy) is 1. The molecular formula is C10H24N2O3S. The number of sulfonamides is 1. The van der Waals surface area contributed by atoms with Crippen molar-refractivity contribution in [1.82, 2.24) is 10.0 Å². The lowest BCUT2D eigenvalue weighted by Gasteiger charge is -2.29. The topological polar surface area (TPSA) is 67.4 Å². The highest BCUT2D eigenvalue weighted by Crippen LogP contribution is 2.04. The van der Waals surface area contributed by atoms with E-state index in [-0.39, 0.29) is 12.1 Å². The van der Waals surface area contributed by atoms with Crippen LogP contribution in [0.4, 0.5) is 0 Å². The van der Waals surface area contributed by atoms with Crippen LogP contribution >= 0.6 is 0 Å². The zero-order valence-electron chi connectivity index (χ0n) is 11.0. The molecule has 0 aromatic rings. The van der Waals surface area contributed by atoms with Crippen molar-refractivity contribution in [2.75, 3.05) is 19.9 Å². The van der Waals surface area contributed by atoms with Crippen LogP contribution in [-0.4, -0.2) is 46.0 Å². The monoisotopic (exact) mass is 252 g/mol. The number of rotatable bonds is 7. The summed E-state index contributed by atoms with van der Waals surface area (Å²) in [5.41, 5.74) is -0.505. The van der Waals surface area contributed by atoms with Gasteiger partial charge in [-0.05, 0) is 27.7 Å². The van der Waals surface area contributed by atoms with Gasteiger partial charge in [0.25, 0.3) is 0 Å². The second-order valence-electron chi connectivity index (χ2n) is 4.87. The fraction of sp³-hybridized carbons (Fsp3) is 1.00. The molecule has 0 spiro atoms. The Morgan fingerprint density at radius 1 is 1.31 bits per heavy atom. The number of methoxy groups -OCH3 is 1. The van der Waals surface area contributed by atoms with Crippen LogP contribution in [0.25, 0.3) is 0 Å². The third-order valence-corrected chi connectivity index (χ3v) is 3.33. The molecule has 0 aromatic heterocycles. The van der Waals surface area contributed by atoms with Gasteiger partial charge in [0.2, 0.25) is 10.0 Å². The van der Waals surface area contributed by atoms with Crippen LogP contribution < -0.4 is 10.0 Å². The van der Waals surface area contributed by atoms with Gasteiger partial charge in [0.1, 0.15) is 0 Å². The van der Waals surface area contributed by atoms with Gasteiger partial charge in [-0.3, -0.25) is 0 Å². The highest BCUT2D eigenvalue weighted by molar-refractivity contribution is 7.88. The summed E-state index contributed by atoms with van der Waals surface area (Å²) in [7, 11) is -1.52. The zero-order valence-corrected chi connectivity index (χ0v) is 11.8. The van der Waals surface area contributed by atoms with E-state index in [1.165, 1.54) is 0 Å². The Kier molecular flexibility index (Phi) is 5.89. The molecule has 98 valence electrons. The first-order valence-corrected chi connectivity index (χ1v) is 7.21. The molecule has 0 aliphatic carbocycles. The second kappa shape index (κ2) is 5.95. The minimum Gasteiger partial charge on any atom is -0.380 e. The molecule has 0 radical (unpaired) electrons. The Morgan fingerprint density at radius 2 is 1.81 bits per heavy atom. The van der Waals surface area contributed by atoms with Gasteiger partial charge in [0, 0.05) is 25.2 Å². The minimum absolute atomic E-state index is 0.0917. The van der Waals surface area contributed by atoms with Crippen molar-refractivity contribution >= 4 is 10.0 Å². The van der Waals surface area contributed by atoms with Crippen molar-refractivity contribution < 1.29 is 13.2 Å². The van der Waals surface area contributed by atoms with Crippen molar-refractivity contribution in [3.63, 3.8) is 0 Å². The Labute approximate surface area is 99.0 Å². The van der Waals surface area contributed by atoms with Crippen LogP contribution in [0.2, 0.25) is 0 Å². The van der Waals surface area contributed by atoms with Crippen molar-refractivity contribution in [2.45, 2.75) is 45.4 Å². The molecule has 2 atom stereocenters. The summed E-state index contributed by atoms with van der Waals surface area (Å²) >= 11 is 0. The summed E-state index contributed by atoms with van der Waals surface area (Å²) in [6.07, 6.45) is 1.25. The Bertz CT molecular complexity index is 301. The molecular weight excluding hydrogens is 228 g/mol. The van der Waals surface area contributed by atoms with E-state index in [4.69, 9.17) is 4.74 Å². The maximum Gasteiger partial charge on any atom is 0.209 e. The van der Waals surface area contributed by atoms with Crippen LogP contribution in [0.3, 0.4) is 0 Å². The number of hydrogen-bond donors (Lipinski definition) is 2. The molecule has 2 unspecified atom stereocenters. The average molecular weight is 252 g/mol. The molecule has 5 nitrogen and oxygen atoms in total. The third kappa shape index (κ3) is 7.16. The van der Waals surface area contributed by atoms with Crippen LogP contribution in [-0.2, 0) is 14.8 Å². The Hall–Kier alpha value is -0.170. The summed E-state index contributed by atoms with van der Waals surface area (Å²) in [5.74, 6) is 0. The maximum absolute atomic E-state index is 11.1. The minimum atomic E-state index is -3.18. The van der Waals surface area contributed by atoms with Crippen LogP contribution in [0.1, 0.15) is 27.7 Å². The summed E-state index contributed by atoms with van der Waals surface area (Å²) in [6.45, 7) is 8.20. The highest BCUT2D eigenvalue weighted by Gasteiger charge is 2.23. The SMILES string of the molecule is COC(C)C(C)NCC(C)(C)NS(C)(=O)=O. The summed E-state index contributed by atoms with van der Waals surface area (Å²) in [6, 6.07) is 0.172. The first kappa shape index (κ1) is 15.8. The fourth-order valence-corrected chi connectivity index (χ4v) is 2.40. The maximum atomic E-state index is 11.1. The third-order valence-electron chi connectivity index (χ3n) is 2.40. The Balaban J connectivity index is 4.19. The normalized spacial score (nSPS) is 17.1. The van der Waals surface area contributed by atoms with Gasteiger partial charge < -0.3 is 10.1 Å². The molecule has 0 aliphatic heterocycles. The lowest BCUT2D eigenvalue weighted by molar-refractivity contribution is 0.0868. The average Bonchev–Trinajstić information content (AvgIpc) is 2.09. The lowest BCUT2D eigenvalue weighted by atomic mass is 10.1. The summed E-state index contributed by atoms with van der Waals surface area (Å²) < 4.78 is 30.0. The number of nitrogens with one attached hydrogen (secondary N) is 2. The molecule has 2 N–H and O–H groups in total. The molecule has 6 heteroatoms. The largest absolute Gasteiger partial charge is 0.380 e. The molecule has 0 heterocycles. The van der Waals surface area contributed by atoms with Gasteiger partial charge in [0.05, 0.1) is 12.4 Å². The molecule has 0 aromatic carbocycles. The molecule has 0 amide bonds. The molecule has 0 fully saturated rings. The fourth-order valence-electron chi connectivity index (χ4n) is 1.32. The van der Waals surface area contributed by atoms with Crippen LogP contribution in [0, 0.1) is 0 Å². The van der Waals surface area contributed by atoms with Crippen molar-refractivity contribution in [3.8, 4) is 0 Å². The van der Waals surface area contributed by atoms with E-state index in [9.17, 15) is 8.42 Å². The van der Waals surface area contributed by atoms with Gasteiger partial charge >= 0.3 is 0 Å². The van der Waals surface area contributed by atoms with E-state index in [2.05, 4.69) is 10.0 Å². The van der Waals surface area contributed by atoms with E-state index in [0.29, 0.717) is 6.54 Å². The van der Waals surface area contributed by atoms with Crippen LogP contribution in [0.5, 0.6) is 0 Å². The molecule has 0 rings (SSSR count). The predicted octanol–water partition coefficient (Wildman–Crippen LogP) is 0.327. The van der Waals surface area contributed by atoms with Gasteiger partial charge in [-0.15, -0.1) is 0 Å². The molecule has 0 bridgehead atoms. The summed E-state index contributed by atoms with van der Waals surface area (Å²) in [5, 5.41) is 3.24. The van der Waals surface area contributed by atoms with E-state index in [1.54, 1.807) is 7.11 Å². The molecule has 0 saturated heterocycles. The van der Waals surface area contributed by atoms with Crippen molar-refractivity contribution in [1.29, 1.82) is 0 Å². The Morgan fingerprint density at radius 3 is 2.19 bits per heavy atom. The van der Waals surface area contributed by atoms with E-state index < -0.39 is 15.6 Å². The molecule has 0 aliphatic rings. The summed E-state index contributed by atoms with van der Waals surface area (Å²) in [4.78, 5) is 0. The predicted molar refractivity (Wildman–Crippen MR) is 66.0 cm³/mol. The van der Waals surface area contributed by atoms with Gasteiger partial charge in [-0.25, -0.2) is 13.1 Å². The molecule has 0 saturated carbocycles. The van der Waals surface area contributed by atoms with Crippen molar-refractivity contribution in [3.05, 3.63) is 0 Å². The van der Waals surface area contributed by atoms with Gasteiger partial charge in [-0.2, -0.15) is 0 Å². The van der Waals surface area contributed by atoms with E-state index in [1.807, 2.05) is 27.7 Å². The van der Waals surface area contributed by atoms with E-state index in [0.717, 1.165) is 6.26 Å². The van der Waals surface area contributed by atoms with Gasteiger partial charge in [-0.1, -0.05) is 0 Å². The quantitative estimate of drug-likeness (QED) is 0.685. The van der Waals surface area contributed by atoms with E-state index >= 15 is 0 Å². The van der Waals surface area contributed by atoms with Crippen molar-refractivity contribution in [2.24, 2.45) is 0 Å². The second-order valence-corrected chi connectivity index (χ2v) is 6.62. The first-order valence-electron chi connectivity index (χ1n) is 5.32. The highest BCUT2D eigenvalue weighted by atomic mass is 32.2. The number of hydrogen-bond acceptors (Lipinski definition) is 4. The first-order chi connectivity index (χ1) is 7.07. The smallest absolute Gasteiger partial charge is 0.209 e. The van der Waals surface area contributed by atoms with Crippen LogP contribution in [0.15, 0.2) is 0 Å². The zero-order chi connectivity index (χ0) is 13.0. The standard InChI is InChI=1S/C10H24N2O3S/c1-8(9(2)15-5)11-7-10(3,4)12-16(6,13)14/h8-9,11-12H,7H2,1-6H3. The lowest BCUT2D eigenvalue weighted by Crippen LogP contribution is -2.53. The van der Waals surface area contributed by atoms with Gasteiger partial charge in [0.15, 0.2) is 0 Å². The molecule has 16 heavy (non-hydrogen) atoms.